The summed E-state index contributed by atoms with van der Waals surface area (Å²) in [6, 6.07) is 5.99. The van der Waals surface area contributed by atoms with Gasteiger partial charge in [-0.25, -0.2) is 9.97 Å². The van der Waals surface area contributed by atoms with Gasteiger partial charge in [-0.1, -0.05) is 60.8 Å². The number of ether oxygens (including phenoxy) is 1. The molecular weight excluding hydrogens is 528 g/mol. The monoisotopic (exact) mass is 584 g/mol. The van der Waals surface area contributed by atoms with Crippen molar-refractivity contribution in [1.29, 1.82) is 0 Å². The zero-order chi connectivity index (χ0) is 32.1. The lowest BCUT2D eigenvalue weighted by atomic mass is 9.96. The largest absolute Gasteiger partial charge is 0.489 e. The van der Waals surface area contributed by atoms with Crippen LogP contribution in [-0.4, -0.2) is 62.7 Å². The Bertz CT molecular complexity index is 1120. The van der Waals surface area contributed by atoms with Crippen molar-refractivity contribution in [3.63, 3.8) is 0 Å². The summed E-state index contributed by atoms with van der Waals surface area (Å²) in [5, 5.41) is 11.1. The molecule has 3 aromatic heterocycles. The van der Waals surface area contributed by atoms with Gasteiger partial charge < -0.3 is 24.6 Å². The summed E-state index contributed by atoms with van der Waals surface area (Å²) >= 11 is 0. The fourth-order valence-electron chi connectivity index (χ4n) is 4.31. The molecule has 2 fully saturated rings. The average molecular weight is 585 g/mol. The van der Waals surface area contributed by atoms with Crippen LogP contribution in [0.5, 0.6) is 5.75 Å². The van der Waals surface area contributed by atoms with E-state index >= 15 is 0 Å². The quantitative estimate of drug-likeness (QED) is 0.281. The summed E-state index contributed by atoms with van der Waals surface area (Å²) in [4.78, 5) is 28.1. The Morgan fingerprint density at radius 3 is 2.07 bits per heavy atom. The van der Waals surface area contributed by atoms with Crippen molar-refractivity contribution in [2.24, 2.45) is 0 Å². The molecule has 0 spiro atoms. The Morgan fingerprint density at radius 1 is 1.00 bits per heavy atom. The fourth-order valence-corrected chi connectivity index (χ4v) is 4.31. The maximum absolute atomic E-state index is 12.8. The number of nitrogens with zero attached hydrogens (tertiary/aromatic N) is 5. The molecule has 3 heterocycles. The number of aromatic nitrogens is 4. The molecule has 2 N–H and O–H groups in total. The number of pyridine rings is 1. The third-order valence-electron chi connectivity index (χ3n) is 6.22. The molecule has 3 aromatic rings. The lowest BCUT2D eigenvalue weighted by Crippen LogP contribution is -2.25. The Labute approximate surface area is 254 Å². The molecule has 0 aliphatic heterocycles. The number of nitrogens with one attached hydrogen (secondary N) is 1. The highest BCUT2D eigenvalue weighted by Crippen LogP contribution is 2.35. The van der Waals surface area contributed by atoms with E-state index < -0.39 is 0 Å². The van der Waals surface area contributed by atoms with E-state index in [1.807, 2.05) is 45.9 Å². The number of hydrogen-bond acceptors (Lipinski definition) is 7. The van der Waals surface area contributed by atoms with Crippen LogP contribution < -0.4 is 10.1 Å². The third-order valence-corrected chi connectivity index (χ3v) is 6.22. The van der Waals surface area contributed by atoms with Crippen LogP contribution in [0, 0.1) is 0 Å². The van der Waals surface area contributed by atoms with Gasteiger partial charge in [0.15, 0.2) is 0 Å². The highest BCUT2D eigenvalue weighted by Gasteiger charge is 2.26. The maximum Gasteiger partial charge on any atom is 0.270 e. The molecule has 0 saturated heterocycles. The lowest BCUT2D eigenvalue weighted by Gasteiger charge is -2.26. The van der Waals surface area contributed by atoms with Gasteiger partial charge in [0.25, 0.3) is 5.91 Å². The normalized spacial score (nSPS) is 13.5. The summed E-state index contributed by atoms with van der Waals surface area (Å²) in [6.45, 7) is 18.2. The van der Waals surface area contributed by atoms with Gasteiger partial charge in [0.2, 0.25) is 5.95 Å². The van der Waals surface area contributed by atoms with Crippen LogP contribution in [0.4, 0.5) is 11.8 Å². The Kier molecular flexibility index (Phi) is 20.4. The van der Waals surface area contributed by atoms with Crippen LogP contribution in [0.3, 0.4) is 0 Å². The Balaban J connectivity index is 0.00000137. The second-order valence-corrected chi connectivity index (χ2v) is 9.39. The van der Waals surface area contributed by atoms with Crippen molar-refractivity contribution in [2.75, 3.05) is 26.5 Å². The van der Waals surface area contributed by atoms with Crippen LogP contribution in [0.15, 0.2) is 43.8 Å². The molecule has 9 heteroatoms. The van der Waals surface area contributed by atoms with Crippen LogP contribution in [0.1, 0.15) is 109 Å². The smallest absolute Gasteiger partial charge is 0.270 e. The number of carbonyl (C=O) groups is 1. The molecule has 0 atom stereocenters. The molecule has 236 valence electrons. The molecule has 0 bridgehead atoms. The molecule has 0 radical (unpaired) electrons. The maximum atomic E-state index is 12.8. The van der Waals surface area contributed by atoms with Crippen LogP contribution in [0.2, 0.25) is 0 Å². The minimum absolute atomic E-state index is 0.0110. The molecule has 0 aromatic carbocycles. The van der Waals surface area contributed by atoms with Gasteiger partial charge in [-0.3, -0.25) is 4.79 Å². The van der Waals surface area contributed by atoms with Gasteiger partial charge >= 0.3 is 0 Å². The topological polar surface area (TPSA) is 105 Å². The lowest BCUT2D eigenvalue weighted by molar-refractivity contribution is 0.0815. The van der Waals surface area contributed by atoms with E-state index in [2.05, 4.69) is 46.9 Å². The highest BCUT2D eigenvalue weighted by atomic mass is 16.5. The van der Waals surface area contributed by atoms with E-state index in [1.54, 1.807) is 31.4 Å². The minimum Gasteiger partial charge on any atom is -0.489 e. The standard InChI is InChI=1S/C23H28N6O2.C3H8.2C2H6.C2H4.CH4O/c1-28(2)22(30)19-12-15-13-25-23(27-21(15)29(19)16-6-3-4-7-16)26-20-11-10-18(14-24-20)31-17-8-5-9-17;1-3-2;4*1-2/h10-14,16-17H,3-9H2,1-2H3,(H,24,25,26,27);3H2,1-2H3;2*1-2H3;1-2H2;2H,1H3. The van der Waals surface area contributed by atoms with E-state index in [0.29, 0.717) is 29.6 Å². The van der Waals surface area contributed by atoms with E-state index in [0.717, 1.165) is 49.6 Å². The van der Waals surface area contributed by atoms with Crippen molar-refractivity contribution in [1.82, 2.24) is 24.4 Å². The fraction of sp³-hybridized carbons (Fsp3) is 0.576. The minimum atomic E-state index is -0.0110. The molecule has 2 saturated carbocycles. The number of amides is 1. The number of aliphatic hydroxyl groups excluding tert-OH is 1. The van der Waals surface area contributed by atoms with Crippen molar-refractivity contribution in [3.8, 4) is 5.75 Å². The number of aliphatic hydroxyl groups is 1. The van der Waals surface area contributed by atoms with Crippen LogP contribution >= 0.6 is 0 Å². The highest BCUT2D eigenvalue weighted by molar-refractivity contribution is 5.97. The predicted octanol–water partition coefficient (Wildman–Crippen LogP) is 8.20. The van der Waals surface area contributed by atoms with E-state index in [4.69, 9.17) is 14.8 Å². The first kappa shape index (κ1) is 38.5. The van der Waals surface area contributed by atoms with E-state index in [1.165, 1.54) is 25.7 Å². The van der Waals surface area contributed by atoms with E-state index in [-0.39, 0.29) is 5.91 Å². The number of hydrogen-bond donors (Lipinski definition) is 2. The van der Waals surface area contributed by atoms with E-state index in [9.17, 15) is 4.79 Å². The molecule has 2 aliphatic rings. The van der Waals surface area contributed by atoms with Crippen molar-refractivity contribution >= 4 is 28.7 Å². The zero-order valence-electron chi connectivity index (χ0n) is 27.6. The van der Waals surface area contributed by atoms with Crippen LogP contribution in [0.25, 0.3) is 11.0 Å². The molecular formula is C33H56N6O3. The number of carbonyl (C=O) groups excluding carboxylic acids is 1. The van der Waals surface area contributed by atoms with Crippen LogP contribution in [-0.2, 0) is 0 Å². The summed E-state index contributed by atoms with van der Waals surface area (Å²) in [5.41, 5.74) is 1.47. The second-order valence-electron chi connectivity index (χ2n) is 9.39. The van der Waals surface area contributed by atoms with Crippen molar-refractivity contribution in [3.05, 3.63) is 49.4 Å². The SMILES string of the molecule is C=C.CC.CC.CCC.CN(C)C(=O)c1cc2cnc(Nc3ccc(OC4CCC4)cn3)nc2n1C1CCCC1.CO. The molecule has 1 amide bonds. The molecule has 2 aliphatic carbocycles. The van der Waals surface area contributed by atoms with Gasteiger partial charge in [-0.2, -0.15) is 4.98 Å². The van der Waals surface area contributed by atoms with Gasteiger partial charge in [-0.05, 0) is 50.3 Å². The summed E-state index contributed by atoms with van der Waals surface area (Å²) in [6.07, 6.45) is 13.0. The van der Waals surface area contributed by atoms with Gasteiger partial charge in [-0.15, -0.1) is 13.2 Å². The Hall–Kier alpha value is -3.46. The van der Waals surface area contributed by atoms with Gasteiger partial charge in [0, 0.05) is 38.8 Å². The second kappa shape index (κ2) is 22.2. The Morgan fingerprint density at radius 2 is 1.60 bits per heavy atom. The molecule has 9 nitrogen and oxygen atoms in total. The first-order chi connectivity index (χ1) is 20.5. The van der Waals surface area contributed by atoms with Gasteiger partial charge in [0.05, 0.1) is 12.3 Å². The first-order valence-electron chi connectivity index (χ1n) is 15.4. The predicted molar refractivity (Wildman–Crippen MR) is 177 cm³/mol. The van der Waals surface area contributed by atoms with Crippen molar-refractivity contribution < 1.29 is 14.6 Å². The number of fused-ring (bicyclic) bond motifs is 1. The molecule has 0 unspecified atom stereocenters. The zero-order valence-corrected chi connectivity index (χ0v) is 27.6. The van der Waals surface area contributed by atoms with Crippen molar-refractivity contribution in [2.45, 2.75) is 105 Å². The molecule has 42 heavy (non-hydrogen) atoms. The summed E-state index contributed by atoms with van der Waals surface area (Å²) in [5.74, 6) is 1.90. The third kappa shape index (κ3) is 11.1. The van der Waals surface area contributed by atoms with Gasteiger partial charge in [0.1, 0.15) is 22.9 Å². The molecule has 5 rings (SSSR count). The number of anilines is 2. The summed E-state index contributed by atoms with van der Waals surface area (Å²) < 4.78 is 7.98. The summed E-state index contributed by atoms with van der Waals surface area (Å²) in [7, 11) is 4.56. The first-order valence-corrected chi connectivity index (χ1v) is 15.4. The average Bonchev–Trinajstić information content (AvgIpc) is 3.68. The number of rotatable bonds is 6.